The van der Waals surface area contributed by atoms with E-state index in [-0.39, 0.29) is 6.61 Å². The van der Waals surface area contributed by atoms with Gasteiger partial charge in [0, 0.05) is 17.9 Å². The molecule has 0 radical (unpaired) electrons. The number of rotatable bonds is 13. The highest BCUT2D eigenvalue weighted by atomic mass is 16.4. The first kappa shape index (κ1) is 36.6. The first-order chi connectivity index (χ1) is 27.5. The van der Waals surface area contributed by atoms with Crippen LogP contribution in [0.5, 0.6) is 0 Å². The summed E-state index contributed by atoms with van der Waals surface area (Å²) >= 11 is 0. The van der Waals surface area contributed by atoms with E-state index in [0.717, 1.165) is 57.7 Å². The van der Waals surface area contributed by atoms with Gasteiger partial charge < -0.3 is 19.7 Å². The minimum atomic E-state index is -0.916. The van der Waals surface area contributed by atoms with Crippen LogP contribution in [0.1, 0.15) is 82.6 Å². The summed E-state index contributed by atoms with van der Waals surface area (Å²) in [5.74, 6) is -0.625. The number of aliphatic hydroxyl groups is 1. The summed E-state index contributed by atoms with van der Waals surface area (Å²) in [5, 5.41) is 35.3. The zero-order valence-corrected chi connectivity index (χ0v) is 31.7. The maximum absolute atomic E-state index is 12.3. The SMILES string of the molecule is CCc1nc(C(CC)C(=O)O)n(Cc2ccc3c(c2)CCc2ccccc2N3Cc2nnn(C(c3ccccc3)(c3ccccc3)c3ccccc3)n2)c1CO. The second-order valence-electron chi connectivity index (χ2n) is 14.2. The molecule has 0 amide bonds. The van der Waals surface area contributed by atoms with Gasteiger partial charge >= 0.3 is 5.97 Å². The normalized spacial score (nSPS) is 13.2. The van der Waals surface area contributed by atoms with E-state index in [1.54, 1.807) is 4.80 Å². The van der Waals surface area contributed by atoms with Crippen molar-refractivity contribution in [1.82, 2.24) is 29.8 Å². The first-order valence-electron chi connectivity index (χ1n) is 19.3. The summed E-state index contributed by atoms with van der Waals surface area (Å²) in [6, 6.07) is 45.9. The van der Waals surface area contributed by atoms with E-state index in [1.807, 2.05) is 73.0 Å². The fourth-order valence-electron chi connectivity index (χ4n) is 8.34. The molecule has 0 fully saturated rings. The summed E-state index contributed by atoms with van der Waals surface area (Å²) in [6.45, 7) is 4.40. The van der Waals surface area contributed by atoms with Crippen molar-refractivity contribution in [2.45, 2.75) is 70.7 Å². The van der Waals surface area contributed by atoms with Crippen LogP contribution in [0.15, 0.2) is 133 Å². The number of hydrogen-bond donors (Lipinski definition) is 2. The lowest BCUT2D eigenvalue weighted by Gasteiger charge is -2.34. The molecule has 282 valence electrons. The van der Waals surface area contributed by atoms with E-state index in [9.17, 15) is 15.0 Å². The molecule has 1 atom stereocenters. The lowest BCUT2D eigenvalue weighted by Crippen LogP contribution is -2.39. The van der Waals surface area contributed by atoms with Crippen LogP contribution in [-0.4, -0.2) is 45.9 Å². The number of carbonyl (C=O) groups is 1. The first-order valence-corrected chi connectivity index (χ1v) is 19.3. The quantitative estimate of drug-likeness (QED) is 0.115. The van der Waals surface area contributed by atoms with Crippen molar-refractivity contribution in [2.75, 3.05) is 4.90 Å². The van der Waals surface area contributed by atoms with Crippen LogP contribution in [0.3, 0.4) is 0 Å². The minimum Gasteiger partial charge on any atom is -0.481 e. The second kappa shape index (κ2) is 15.8. The van der Waals surface area contributed by atoms with Gasteiger partial charge in [0.15, 0.2) is 11.4 Å². The molecule has 8 rings (SSSR count). The van der Waals surface area contributed by atoms with Crippen molar-refractivity contribution in [3.63, 3.8) is 0 Å². The fraction of sp³-hybridized carbons (Fsp3) is 0.239. The number of benzene rings is 5. The molecular weight excluding hydrogens is 699 g/mol. The summed E-state index contributed by atoms with van der Waals surface area (Å²) in [6.07, 6.45) is 2.66. The number of nitrogens with zero attached hydrogens (tertiary/aromatic N) is 7. The molecular formula is C46H45N7O3. The topological polar surface area (TPSA) is 122 Å². The molecule has 0 aliphatic carbocycles. The molecule has 1 aliphatic heterocycles. The van der Waals surface area contributed by atoms with Gasteiger partial charge in [-0.1, -0.05) is 135 Å². The van der Waals surface area contributed by atoms with Crippen LogP contribution in [0, 0.1) is 0 Å². The van der Waals surface area contributed by atoms with E-state index in [2.05, 4.69) is 83.8 Å². The van der Waals surface area contributed by atoms with Gasteiger partial charge in [0.1, 0.15) is 11.7 Å². The van der Waals surface area contributed by atoms with Crippen LogP contribution in [-0.2, 0) is 49.3 Å². The largest absolute Gasteiger partial charge is 0.481 e. The number of para-hydroxylation sites is 1. The summed E-state index contributed by atoms with van der Waals surface area (Å²) in [7, 11) is 0. The number of fused-ring (bicyclic) bond motifs is 2. The summed E-state index contributed by atoms with van der Waals surface area (Å²) in [4.78, 5) is 21.1. The number of anilines is 2. The number of tetrazole rings is 1. The van der Waals surface area contributed by atoms with Gasteiger partial charge in [-0.3, -0.25) is 4.79 Å². The van der Waals surface area contributed by atoms with Crippen molar-refractivity contribution in [1.29, 1.82) is 0 Å². The van der Waals surface area contributed by atoms with Crippen molar-refractivity contribution in [2.24, 2.45) is 0 Å². The number of aliphatic carboxylic acids is 1. The third-order valence-electron chi connectivity index (χ3n) is 11.0. The van der Waals surface area contributed by atoms with Crippen LogP contribution in [0.25, 0.3) is 0 Å². The average Bonchev–Trinajstić information content (AvgIpc) is 3.81. The van der Waals surface area contributed by atoms with E-state index in [4.69, 9.17) is 20.4 Å². The van der Waals surface area contributed by atoms with Crippen molar-refractivity contribution < 1.29 is 15.0 Å². The molecule has 0 bridgehead atoms. The lowest BCUT2D eigenvalue weighted by molar-refractivity contribution is -0.139. The Morgan fingerprint density at radius 3 is 1.93 bits per heavy atom. The highest BCUT2D eigenvalue weighted by Gasteiger charge is 2.41. The summed E-state index contributed by atoms with van der Waals surface area (Å²) in [5.41, 5.74) is 9.10. The highest BCUT2D eigenvalue weighted by molar-refractivity contribution is 5.75. The number of hydrogen-bond acceptors (Lipinski definition) is 7. The van der Waals surface area contributed by atoms with Crippen LogP contribution >= 0.6 is 0 Å². The molecule has 0 saturated heterocycles. The van der Waals surface area contributed by atoms with Crippen molar-refractivity contribution in [3.05, 3.63) is 190 Å². The molecule has 0 saturated carbocycles. The Hall–Kier alpha value is -6.39. The van der Waals surface area contributed by atoms with Crippen molar-refractivity contribution >= 4 is 17.3 Å². The predicted octanol–water partition coefficient (Wildman–Crippen LogP) is 7.83. The van der Waals surface area contributed by atoms with Gasteiger partial charge in [-0.05, 0) is 76.4 Å². The van der Waals surface area contributed by atoms with Gasteiger partial charge in [-0.15, -0.1) is 15.0 Å². The van der Waals surface area contributed by atoms with E-state index >= 15 is 0 Å². The van der Waals surface area contributed by atoms with E-state index < -0.39 is 17.4 Å². The summed E-state index contributed by atoms with van der Waals surface area (Å²) < 4.78 is 1.91. The third-order valence-corrected chi connectivity index (χ3v) is 11.0. The molecule has 10 nitrogen and oxygen atoms in total. The van der Waals surface area contributed by atoms with Crippen LogP contribution in [0.2, 0.25) is 0 Å². The molecule has 0 spiro atoms. The lowest BCUT2D eigenvalue weighted by atomic mass is 9.77. The number of carboxylic acids is 1. The Morgan fingerprint density at radius 2 is 1.34 bits per heavy atom. The Kier molecular flexibility index (Phi) is 10.3. The Balaban J connectivity index is 1.20. The van der Waals surface area contributed by atoms with E-state index in [1.165, 1.54) is 5.56 Å². The molecule has 10 heteroatoms. The maximum Gasteiger partial charge on any atom is 0.314 e. The fourth-order valence-corrected chi connectivity index (χ4v) is 8.34. The molecule has 2 aromatic heterocycles. The molecule has 2 N–H and O–H groups in total. The molecule has 1 unspecified atom stereocenters. The number of carboxylic acid groups (broad SMARTS) is 1. The predicted molar refractivity (Wildman–Crippen MR) is 216 cm³/mol. The van der Waals surface area contributed by atoms with Crippen molar-refractivity contribution in [3.8, 4) is 0 Å². The monoisotopic (exact) mass is 743 g/mol. The maximum atomic E-state index is 12.3. The molecule has 1 aliphatic rings. The third kappa shape index (κ3) is 6.56. The van der Waals surface area contributed by atoms with E-state index in [0.29, 0.717) is 43.3 Å². The van der Waals surface area contributed by atoms with Gasteiger partial charge in [0.2, 0.25) is 0 Å². The Labute approximate surface area is 326 Å². The zero-order valence-electron chi connectivity index (χ0n) is 31.7. The smallest absolute Gasteiger partial charge is 0.314 e. The molecule has 3 heterocycles. The van der Waals surface area contributed by atoms with Gasteiger partial charge in [0.25, 0.3) is 0 Å². The standard InChI is InChI=1S/C46H45N7O3/c1-3-38(45(55)56)44-47-39(4-2)42(31-54)52(44)29-32-24-27-41-34(28-32)26-25-33-16-14-15-23-40(33)51(41)30-43-48-50-53(49-43)46(35-17-8-5-9-18-35,36-19-10-6-11-20-36)37-21-12-7-13-22-37/h5-24,27-28,38,54H,3-4,25-26,29-31H2,1-2H3,(H,55,56). The highest BCUT2D eigenvalue weighted by Crippen LogP contribution is 2.41. The number of aliphatic hydroxyl groups excluding tert-OH is 1. The number of aryl methyl sites for hydroxylation is 3. The zero-order chi connectivity index (χ0) is 38.6. The van der Waals surface area contributed by atoms with Crippen LogP contribution < -0.4 is 4.90 Å². The Morgan fingerprint density at radius 1 is 0.750 bits per heavy atom. The molecule has 56 heavy (non-hydrogen) atoms. The number of aromatic nitrogens is 6. The molecule has 7 aromatic rings. The Bertz CT molecular complexity index is 2350. The average molecular weight is 744 g/mol. The van der Waals surface area contributed by atoms with Gasteiger partial charge in [-0.2, -0.15) is 0 Å². The second-order valence-corrected chi connectivity index (χ2v) is 14.2. The van der Waals surface area contributed by atoms with Gasteiger partial charge in [0.05, 0.1) is 24.5 Å². The van der Waals surface area contributed by atoms with Crippen LogP contribution in [0.4, 0.5) is 11.4 Å². The minimum absolute atomic E-state index is 0.214. The molecule has 5 aromatic carbocycles. The van der Waals surface area contributed by atoms with Gasteiger partial charge in [-0.25, -0.2) is 4.98 Å². The number of imidazole rings is 1.